The van der Waals surface area contributed by atoms with Crippen molar-refractivity contribution in [3.05, 3.63) is 93.5 Å². The molecular weight excluding hydrogens is 478 g/mol. The molecule has 0 saturated carbocycles. The first-order valence-electron chi connectivity index (χ1n) is 13.0. The molecule has 0 aliphatic carbocycles. The van der Waals surface area contributed by atoms with Gasteiger partial charge < -0.3 is 14.8 Å². The molecule has 200 valence electrons. The Labute approximate surface area is 225 Å². The molecule has 0 radical (unpaired) electrons. The summed E-state index contributed by atoms with van der Waals surface area (Å²) >= 11 is 0. The van der Waals surface area contributed by atoms with E-state index in [0.29, 0.717) is 16.7 Å². The highest BCUT2D eigenvalue weighted by molar-refractivity contribution is 5.99. The summed E-state index contributed by atoms with van der Waals surface area (Å²) in [5.74, 6) is -1.27. The molecule has 1 N–H and O–H groups in total. The molecule has 6 heteroatoms. The summed E-state index contributed by atoms with van der Waals surface area (Å²) in [6.45, 7) is 13.8. The monoisotopic (exact) mass is 515 g/mol. The van der Waals surface area contributed by atoms with E-state index in [1.54, 1.807) is 18.2 Å². The number of nitrogens with one attached hydrogen (secondary N) is 1. The van der Waals surface area contributed by atoms with E-state index >= 15 is 0 Å². The van der Waals surface area contributed by atoms with Crippen molar-refractivity contribution in [2.24, 2.45) is 0 Å². The molecule has 3 rings (SSSR count). The third-order valence-electron chi connectivity index (χ3n) is 6.29. The van der Waals surface area contributed by atoms with Gasteiger partial charge in [0.1, 0.15) is 0 Å². The lowest BCUT2D eigenvalue weighted by Gasteiger charge is -2.20. The third kappa shape index (κ3) is 7.39. The molecule has 0 bridgehead atoms. The number of ether oxygens (including phenoxy) is 2. The summed E-state index contributed by atoms with van der Waals surface area (Å²) in [7, 11) is 0. The van der Waals surface area contributed by atoms with Crippen LogP contribution in [0.15, 0.2) is 54.6 Å². The van der Waals surface area contributed by atoms with Gasteiger partial charge in [-0.3, -0.25) is 4.79 Å². The molecule has 6 nitrogen and oxygen atoms in total. The van der Waals surface area contributed by atoms with Gasteiger partial charge in [-0.2, -0.15) is 0 Å². The van der Waals surface area contributed by atoms with Gasteiger partial charge in [0, 0.05) is 11.1 Å². The second kappa shape index (κ2) is 12.2. The first-order chi connectivity index (χ1) is 17.9. The Hall–Kier alpha value is -3.77. The number of rotatable bonds is 9. The molecule has 0 spiro atoms. The molecule has 3 aromatic carbocycles. The van der Waals surface area contributed by atoms with Crippen molar-refractivity contribution in [1.29, 1.82) is 0 Å². The molecular formula is C32H37NO5. The van der Waals surface area contributed by atoms with Crippen molar-refractivity contribution in [1.82, 2.24) is 5.32 Å². The lowest BCUT2D eigenvalue weighted by molar-refractivity contribution is 0.0681. The molecule has 0 aliphatic heterocycles. The van der Waals surface area contributed by atoms with Gasteiger partial charge in [-0.05, 0) is 100 Å². The largest absolute Gasteiger partial charge is 0.419 e. The SMILES string of the molecule is CCc1ccc(C(=O)Oc2ccc(C(=O)CNC(C)(C)C)cc2OC(=O)c2ccc(CC)cc2C)c(C)c1. The van der Waals surface area contributed by atoms with Crippen molar-refractivity contribution in [2.45, 2.75) is 66.8 Å². The van der Waals surface area contributed by atoms with Gasteiger partial charge in [-0.15, -0.1) is 0 Å². The standard InChI is InChI=1S/C32H37NO5/c1-8-22-10-13-25(20(3)16-22)30(35)37-28-15-12-24(27(34)19-33-32(5,6)7)18-29(28)38-31(36)26-14-11-23(9-2)17-21(26)4/h10-18,33H,8-9,19H2,1-7H3. The molecule has 38 heavy (non-hydrogen) atoms. The van der Waals surface area contributed by atoms with Crippen LogP contribution in [0.4, 0.5) is 0 Å². The predicted octanol–water partition coefficient (Wildman–Crippen LogP) is 6.44. The van der Waals surface area contributed by atoms with Crippen LogP contribution >= 0.6 is 0 Å². The minimum atomic E-state index is -0.594. The van der Waals surface area contributed by atoms with Crippen molar-refractivity contribution in [2.75, 3.05) is 6.54 Å². The molecule has 0 aliphatic rings. The van der Waals surface area contributed by atoms with Gasteiger partial charge in [0.05, 0.1) is 17.7 Å². The molecule has 3 aromatic rings. The van der Waals surface area contributed by atoms with Gasteiger partial charge in [0.25, 0.3) is 0 Å². The van der Waals surface area contributed by atoms with Crippen LogP contribution in [-0.4, -0.2) is 29.8 Å². The van der Waals surface area contributed by atoms with Gasteiger partial charge >= 0.3 is 11.9 Å². The van der Waals surface area contributed by atoms with Crippen LogP contribution in [0.25, 0.3) is 0 Å². The zero-order valence-corrected chi connectivity index (χ0v) is 23.4. The number of aryl methyl sites for hydroxylation is 4. The predicted molar refractivity (Wildman–Crippen MR) is 150 cm³/mol. The molecule has 0 atom stereocenters. The number of esters is 2. The molecule has 0 aromatic heterocycles. The Kier molecular flexibility index (Phi) is 9.23. The number of carbonyl (C=O) groups is 3. The summed E-state index contributed by atoms with van der Waals surface area (Å²) in [6.07, 6.45) is 1.70. The third-order valence-corrected chi connectivity index (χ3v) is 6.29. The maximum atomic E-state index is 13.1. The fourth-order valence-corrected chi connectivity index (χ4v) is 3.95. The minimum absolute atomic E-state index is 0.00626. The summed E-state index contributed by atoms with van der Waals surface area (Å²) < 4.78 is 11.4. The number of carbonyl (C=O) groups excluding carboxylic acids is 3. The molecule has 0 fully saturated rings. The number of benzene rings is 3. The molecule has 0 heterocycles. The van der Waals surface area contributed by atoms with E-state index in [2.05, 4.69) is 5.32 Å². The van der Waals surface area contributed by atoms with Gasteiger partial charge in [-0.1, -0.05) is 38.1 Å². The maximum absolute atomic E-state index is 13.1. The highest BCUT2D eigenvalue weighted by Crippen LogP contribution is 2.31. The van der Waals surface area contributed by atoms with E-state index in [9.17, 15) is 14.4 Å². The molecule has 0 unspecified atom stereocenters. The molecule has 0 amide bonds. The fraction of sp³-hybridized carbons (Fsp3) is 0.344. The zero-order valence-electron chi connectivity index (χ0n) is 23.4. The minimum Gasteiger partial charge on any atom is -0.419 e. The smallest absolute Gasteiger partial charge is 0.343 e. The lowest BCUT2D eigenvalue weighted by atomic mass is 10.0. The highest BCUT2D eigenvalue weighted by Gasteiger charge is 2.21. The maximum Gasteiger partial charge on any atom is 0.343 e. The molecule has 0 saturated heterocycles. The second-order valence-electron chi connectivity index (χ2n) is 10.5. The van der Waals surface area contributed by atoms with Crippen LogP contribution in [0.3, 0.4) is 0 Å². The Bertz CT molecular complexity index is 1350. The topological polar surface area (TPSA) is 81.7 Å². The average molecular weight is 516 g/mol. The number of hydrogen-bond donors (Lipinski definition) is 1. The summed E-state index contributed by atoms with van der Waals surface area (Å²) in [4.78, 5) is 39.1. The van der Waals surface area contributed by atoms with Crippen LogP contribution in [0.5, 0.6) is 11.5 Å². The summed E-state index contributed by atoms with van der Waals surface area (Å²) in [5.41, 5.74) is 4.71. The Morgan fingerprint density at radius 3 is 1.66 bits per heavy atom. The van der Waals surface area contributed by atoms with Crippen molar-refractivity contribution >= 4 is 17.7 Å². The van der Waals surface area contributed by atoms with Gasteiger partial charge in [0.15, 0.2) is 17.3 Å². The van der Waals surface area contributed by atoms with E-state index in [0.717, 1.165) is 35.1 Å². The van der Waals surface area contributed by atoms with E-state index in [-0.39, 0.29) is 29.4 Å². The Morgan fingerprint density at radius 2 is 1.21 bits per heavy atom. The average Bonchev–Trinajstić information content (AvgIpc) is 2.87. The van der Waals surface area contributed by atoms with Crippen molar-refractivity contribution in [3.63, 3.8) is 0 Å². The van der Waals surface area contributed by atoms with Crippen LogP contribution < -0.4 is 14.8 Å². The second-order valence-corrected chi connectivity index (χ2v) is 10.5. The van der Waals surface area contributed by atoms with Crippen molar-refractivity contribution in [3.8, 4) is 11.5 Å². The van der Waals surface area contributed by atoms with Crippen LogP contribution in [-0.2, 0) is 12.8 Å². The zero-order chi connectivity index (χ0) is 28.0. The Balaban J connectivity index is 1.94. The number of Topliss-reactive ketones (excluding diaryl/α,β-unsaturated/α-hetero) is 1. The fourth-order valence-electron chi connectivity index (χ4n) is 3.95. The number of ketones is 1. The lowest BCUT2D eigenvalue weighted by Crippen LogP contribution is -2.39. The van der Waals surface area contributed by atoms with E-state index in [1.165, 1.54) is 12.1 Å². The first kappa shape index (κ1) is 28.8. The van der Waals surface area contributed by atoms with Gasteiger partial charge in [-0.25, -0.2) is 9.59 Å². The number of hydrogen-bond acceptors (Lipinski definition) is 6. The first-order valence-corrected chi connectivity index (χ1v) is 13.0. The summed E-state index contributed by atoms with van der Waals surface area (Å²) in [6, 6.07) is 15.6. The highest BCUT2D eigenvalue weighted by atomic mass is 16.6. The summed E-state index contributed by atoms with van der Waals surface area (Å²) in [5, 5.41) is 3.17. The van der Waals surface area contributed by atoms with Crippen LogP contribution in [0, 0.1) is 13.8 Å². The van der Waals surface area contributed by atoms with Crippen LogP contribution in [0.1, 0.15) is 87.9 Å². The van der Waals surface area contributed by atoms with Gasteiger partial charge in [0.2, 0.25) is 0 Å². The van der Waals surface area contributed by atoms with E-state index < -0.39 is 11.9 Å². The quantitative estimate of drug-likeness (QED) is 0.201. The van der Waals surface area contributed by atoms with E-state index in [1.807, 2.05) is 72.7 Å². The normalized spacial score (nSPS) is 11.2. The van der Waals surface area contributed by atoms with Crippen LogP contribution in [0.2, 0.25) is 0 Å². The Morgan fingerprint density at radius 1 is 0.711 bits per heavy atom. The van der Waals surface area contributed by atoms with Crippen molar-refractivity contribution < 1.29 is 23.9 Å². The van der Waals surface area contributed by atoms with E-state index in [4.69, 9.17) is 9.47 Å².